The van der Waals surface area contributed by atoms with Gasteiger partial charge in [-0.15, -0.1) is 0 Å². The van der Waals surface area contributed by atoms with Gasteiger partial charge < -0.3 is 14.6 Å². The van der Waals surface area contributed by atoms with Crippen molar-refractivity contribution in [3.8, 4) is 11.1 Å². The van der Waals surface area contributed by atoms with Crippen LogP contribution in [0.2, 0.25) is 0 Å². The van der Waals surface area contributed by atoms with Crippen LogP contribution < -0.4 is 0 Å². The van der Waals surface area contributed by atoms with Crippen LogP contribution in [0.15, 0.2) is 60.7 Å². The van der Waals surface area contributed by atoms with Gasteiger partial charge in [-0.2, -0.15) is 0 Å². The summed E-state index contributed by atoms with van der Waals surface area (Å²) >= 11 is 0. The number of aliphatic hydroxyl groups is 1. The smallest absolute Gasteiger partial charge is 0.338 e. The number of aliphatic hydroxyl groups excluding tert-OH is 1. The van der Waals surface area contributed by atoms with Gasteiger partial charge in [0, 0.05) is 19.6 Å². The van der Waals surface area contributed by atoms with Gasteiger partial charge in [0.05, 0.1) is 12.2 Å². The van der Waals surface area contributed by atoms with E-state index in [4.69, 9.17) is 9.47 Å². The van der Waals surface area contributed by atoms with Crippen LogP contribution in [0.5, 0.6) is 0 Å². The van der Waals surface area contributed by atoms with Crippen molar-refractivity contribution in [2.24, 2.45) is 11.8 Å². The van der Waals surface area contributed by atoms with E-state index < -0.39 is 0 Å². The largest absolute Gasteiger partial charge is 0.459 e. The quantitative estimate of drug-likeness (QED) is 0.130. The highest BCUT2D eigenvalue weighted by molar-refractivity contribution is 5.90. The number of benzene rings is 2. The van der Waals surface area contributed by atoms with Gasteiger partial charge in [0.25, 0.3) is 0 Å². The molecule has 0 heterocycles. The molecule has 5 nitrogen and oxygen atoms in total. The summed E-state index contributed by atoms with van der Waals surface area (Å²) in [6.07, 6.45) is 11.2. The van der Waals surface area contributed by atoms with E-state index in [0.29, 0.717) is 17.7 Å². The Labute approximate surface area is 229 Å². The molecule has 1 aliphatic rings. The highest BCUT2D eigenvalue weighted by Crippen LogP contribution is 2.30. The van der Waals surface area contributed by atoms with Gasteiger partial charge >= 0.3 is 5.97 Å². The number of aldehydes is 1. The number of allylic oxidation sites excluding steroid dienone is 1. The maximum absolute atomic E-state index is 12.6. The average molecular weight is 523 g/mol. The molecule has 1 saturated carbocycles. The number of hydrogen-bond acceptors (Lipinski definition) is 5. The molecule has 0 aromatic heterocycles. The second-order valence-corrected chi connectivity index (χ2v) is 10.5. The van der Waals surface area contributed by atoms with Gasteiger partial charge in [0.1, 0.15) is 12.4 Å². The molecule has 0 aliphatic heterocycles. The van der Waals surface area contributed by atoms with Gasteiger partial charge in [-0.1, -0.05) is 75.6 Å². The zero-order chi connectivity index (χ0) is 27.8. The van der Waals surface area contributed by atoms with Crippen molar-refractivity contribution in [2.75, 3.05) is 20.3 Å². The number of hydrogen-bond donors (Lipinski definition) is 1. The van der Waals surface area contributed by atoms with Crippen molar-refractivity contribution in [2.45, 2.75) is 77.7 Å². The van der Waals surface area contributed by atoms with E-state index in [9.17, 15) is 14.7 Å². The van der Waals surface area contributed by atoms with Gasteiger partial charge in [0.15, 0.2) is 0 Å². The number of ether oxygens (including phenoxy) is 2. The number of unbranched alkanes of at least 4 members (excludes halogenated alkanes) is 2. The normalized spacial score (nSPS) is 17.6. The van der Waals surface area contributed by atoms with Crippen molar-refractivity contribution < 1.29 is 24.2 Å². The molecule has 0 amide bonds. The molecule has 0 saturated heterocycles. The van der Waals surface area contributed by atoms with E-state index in [1.54, 1.807) is 14.0 Å². The Hall–Kier alpha value is -2.76. The first-order valence-electron chi connectivity index (χ1n) is 14.0. The van der Waals surface area contributed by atoms with Crippen LogP contribution >= 0.6 is 0 Å². The topological polar surface area (TPSA) is 72.8 Å². The number of esters is 1. The summed E-state index contributed by atoms with van der Waals surface area (Å²) < 4.78 is 11.0. The van der Waals surface area contributed by atoms with E-state index in [2.05, 4.69) is 37.8 Å². The molecule has 1 aliphatic carbocycles. The number of methoxy groups -OCH3 is 1. The first-order valence-corrected chi connectivity index (χ1v) is 14.0. The number of carbonyl (C=O) groups is 2. The van der Waals surface area contributed by atoms with Gasteiger partial charge in [-0.05, 0) is 79.3 Å². The highest BCUT2D eigenvalue weighted by atomic mass is 16.5. The molecule has 5 heteroatoms. The average Bonchev–Trinajstić information content (AvgIpc) is 2.94. The summed E-state index contributed by atoms with van der Waals surface area (Å²) in [5, 5.41) is 9.46. The molecule has 1 unspecified atom stereocenters. The molecule has 0 bridgehead atoms. The molecule has 38 heavy (non-hydrogen) atoms. The molecule has 0 spiro atoms. The summed E-state index contributed by atoms with van der Waals surface area (Å²) in [7, 11) is 1.66. The maximum atomic E-state index is 12.6. The fourth-order valence-corrected chi connectivity index (χ4v) is 4.82. The van der Waals surface area contributed by atoms with Gasteiger partial charge in [0.2, 0.25) is 0 Å². The van der Waals surface area contributed by atoms with E-state index in [1.807, 2.05) is 24.3 Å². The van der Waals surface area contributed by atoms with Gasteiger partial charge in [-0.3, -0.25) is 4.79 Å². The summed E-state index contributed by atoms with van der Waals surface area (Å²) in [6, 6.07) is 16.1. The van der Waals surface area contributed by atoms with Crippen LogP contribution in [0.3, 0.4) is 0 Å². The molecule has 3 rings (SSSR count). The first kappa shape index (κ1) is 31.5. The minimum absolute atomic E-state index is 0.0630. The Morgan fingerprint density at radius 2 is 1.61 bits per heavy atom. The third-order valence-electron chi connectivity index (χ3n) is 7.08. The molecule has 1 atom stereocenters. The summed E-state index contributed by atoms with van der Waals surface area (Å²) in [4.78, 5) is 22.0. The number of carbonyl (C=O) groups excluding carboxylic acids is 2. The van der Waals surface area contributed by atoms with E-state index >= 15 is 0 Å². The number of rotatable bonds is 13. The first-order chi connectivity index (χ1) is 18.4. The van der Waals surface area contributed by atoms with Gasteiger partial charge in [-0.25, -0.2) is 4.79 Å². The van der Waals surface area contributed by atoms with Crippen molar-refractivity contribution in [1.82, 2.24) is 0 Å². The lowest BCUT2D eigenvalue weighted by Crippen LogP contribution is -2.24. The van der Waals surface area contributed by atoms with Crippen LogP contribution in [0.4, 0.5) is 0 Å². The lowest BCUT2D eigenvalue weighted by molar-refractivity contribution is -0.104. The van der Waals surface area contributed by atoms with E-state index in [-0.39, 0.29) is 24.6 Å². The van der Waals surface area contributed by atoms with E-state index in [1.165, 1.54) is 44.1 Å². The van der Waals surface area contributed by atoms with Crippen molar-refractivity contribution >= 4 is 12.3 Å². The zero-order valence-corrected chi connectivity index (χ0v) is 23.5. The Kier molecular flexibility index (Phi) is 14.6. The van der Waals surface area contributed by atoms with Crippen LogP contribution in [-0.2, 0) is 20.7 Å². The SMILES string of the molecule is C=C(C)C=O.CCCCCC1CCC(OC(=O)c2ccc(-c3ccc(CC(CO)COC)cc3)cc2)CC1. The maximum Gasteiger partial charge on any atom is 0.338 e. The minimum atomic E-state index is -0.209. The second-order valence-electron chi connectivity index (χ2n) is 10.5. The lowest BCUT2D eigenvalue weighted by Gasteiger charge is -2.28. The predicted molar refractivity (Wildman–Crippen MR) is 154 cm³/mol. The Morgan fingerprint density at radius 1 is 1.03 bits per heavy atom. The minimum Gasteiger partial charge on any atom is -0.459 e. The molecule has 2 aromatic carbocycles. The van der Waals surface area contributed by atoms with Crippen LogP contribution in [0, 0.1) is 11.8 Å². The zero-order valence-electron chi connectivity index (χ0n) is 23.5. The summed E-state index contributed by atoms with van der Waals surface area (Å²) in [5.74, 6) is 0.716. The molecule has 2 aromatic rings. The fraction of sp³-hybridized carbons (Fsp3) is 0.515. The highest BCUT2D eigenvalue weighted by Gasteiger charge is 2.24. The third kappa shape index (κ3) is 11.3. The molecular weight excluding hydrogens is 476 g/mol. The Balaban J connectivity index is 0.000000926. The third-order valence-corrected chi connectivity index (χ3v) is 7.08. The summed E-state index contributed by atoms with van der Waals surface area (Å²) in [5.41, 5.74) is 4.54. The molecule has 208 valence electrons. The standard InChI is InChI=1S/C29H40O4.C4H6O/c1-3-4-5-6-22-9-17-28(18-10-22)33-29(31)27-15-13-26(14-16-27)25-11-7-23(8-12-25)19-24(20-30)21-32-2;1-4(2)3-5/h7-8,11-16,22,24,28,30H,3-6,9-10,17-21H2,1-2H3;3H,1H2,2H3. The molecule has 1 fully saturated rings. The Bertz CT molecular complexity index is 956. The van der Waals surface area contributed by atoms with E-state index in [0.717, 1.165) is 42.6 Å². The van der Waals surface area contributed by atoms with Crippen LogP contribution in [-0.4, -0.2) is 43.8 Å². The van der Waals surface area contributed by atoms with Crippen molar-refractivity contribution in [3.05, 3.63) is 71.8 Å². The molecular formula is C33H46O5. The second kappa shape index (κ2) is 17.7. The molecule has 1 N–H and O–H groups in total. The van der Waals surface area contributed by atoms with Crippen molar-refractivity contribution in [3.63, 3.8) is 0 Å². The predicted octanol–water partition coefficient (Wildman–Crippen LogP) is 7.21. The van der Waals surface area contributed by atoms with Crippen LogP contribution in [0.1, 0.15) is 81.1 Å². The Morgan fingerprint density at radius 3 is 2.11 bits per heavy atom. The van der Waals surface area contributed by atoms with Crippen molar-refractivity contribution in [1.29, 1.82) is 0 Å². The lowest BCUT2D eigenvalue weighted by atomic mass is 9.84. The molecule has 0 radical (unpaired) electrons. The monoisotopic (exact) mass is 522 g/mol. The summed E-state index contributed by atoms with van der Waals surface area (Å²) in [6.45, 7) is 7.88. The van der Waals surface area contributed by atoms with Crippen LogP contribution in [0.25, 0.3) is 11.1 Å². The fourth-order valence-electron chi connectivity index (χ4n) is 4.82.